The first-order valence-electron chi connectivity index (χ1n) is 6.57. The van der Waals surface area contributed by atoms with Crippen molar-refractivity contribution < 1.29 is 14.0 Å². The van der Waals surface area contributed by atoms with Crippen molar-refractivity contribution in [2.45, 2.75) is 12.5 Å². The van der Waals surface area contributed by atoms with Gasteiger partial charge < -0.3 is 14.6 Å². The fraction of sp³-hybridized carbons (Fsp3) is 0.538. The molecule has 2 fully saturated rings. The molecule has 0 saturated carbocycles. The van der Waals surface area contributed by atoms with Crippen LogP contribution < -0.4 is 5.32 Å². The predicted molar refractivity (Wildman–Crippen MR) is 67.6 cm³/mol. The molecule has 6 heteroatoms. The maximum atomic E-state index is 12.1. The van der Waals surface area contributed by atoms with Crippen LogP contribution in [0.1, 0.15) is 17.0 Å². The quantitative estimate of drug-likeness (QED) is 0.811. The summed E-state index contributed by atoms with van der Waals surface area (Å²) in [5, 5.41) is 2.85. The number of hydrogen-bond acceptors (Lipinski definition) is 4. The van der Waals surface area contributed by atoms with Gasteiger partial charge >= 0.3 is 0 Å². The average Bonchev–Trinajstić information content (AvgIpc) is 3.09. The Hall–Kier alpha value is -1.82. The Labute approximate surface area is 111 Å². The first-order chi connectivity index (χ1) is 9.24. The number of furan rings is 1. The predicted octanol–water partition coefficient (Wildman–Crippen LogP) is -0.0741. The number of rotatable bonds is 2. The summed E-state index contributed by atoms with van der Waals surface area (Å²) < 4.78 is 5.13. The zero-order valence-electron chi connectivity index (χ0n) is 10.7. The lowest BCUT2D eigenvalue weighted by molar-refractivity contribution is -0.119. The molecule has 1 N–H and O–H groups in total. The highest BCUT2D eigenvalue weighted by Crippen LogP contribution is 2.14. The second-order valence-electron chi connectivity index (χ2n) is 4.97. The molecule has 2 amide bonds. The van der Waals surface area contributed by atoms with E-state index in [1.54, 1.807) is 17.0 Å². The molecule has 1 atom stereocenters. The maximum absolute atomic E-state index is 12.1. The van der Waals surface area contributed by atoms with E-state index < -0.39 is 0 Å². The van der Waals surface area contributed by atoms with Crippen molar-refractivity contribution in [1.29, 1.82) is 0 Å². The Morgan fingerprint density at radius 3 is 2.68 bits per heavy atom. The molecule has 0 aliphatic carbocycles. The second kappa shape index (κ2) is 5.05. The molecule has 102 valence electrons. The Kier molecular flexibility index (Phi) is 3.25. The summed E-state index contributed by atoms with van der Waals surface area (Å²) in [6, 6.07) is 3.70. The lowest BCUT2D eigenvalue weighted by Crippen LogP contribution is -2.52. The number of nitrogens with one attached hydrogen (secondary N) is 1. The lowest BCUT2D eigenvalue weighted by Gasteiger charge is -2.37. The van der Waals surface area contributed by atoms with E-state index in [4.69, 9.17) is 4.42 Å². The minimum absolute atomic E-state index is 0.0507. The Bertz CT molecular complexity index is 463. The Morgan fingerprint density at radius 1 is 1.32 bits per heavy atom. The molecular formula is C13H17N3O3. The monoisotopic (exact) mass is 263 g/mol. The summed E-state index contributed by atoms with van der Waals surface area (Å²) in [5.41, 5.74) is 0. The van der Waals surface area contributed by atoms with Gasteiger partial charge in [-0.1, -0.05) is 0 Å². The number of piperazine rings is 1. The molecule has 3 heterocycles. The number of nitrogens with zero attached hydrogens (tertiary/aromatic N) is 2. The molecule has 1 aromatic rings. The van der Waals surface area contributed by atoms with Crippen molar-refractivity contribution in [2.75, 3.05) is 32.7 Å². The smallest absolute Gasteiger partial charge is 0.289 e. The zero-order valence-corrected chi connectivity index (χ0v) is 10.7. The normalized spacial score (nSPS) is 24.5. The summed E-state index contributed by atoms with van der Waals surface area (Å²) >= 11 is 0. The van der Waals surface area contributed by atoms with Crippen LogP contribution >= 0.6 is 0 Å². The van der Waals surface area contributed by atoms with Crippen LogP contribution in [0, 0.1) is 0 Å². The number of carbonyl (C=O) groups excluding carboxylic acids is 2. The lowest BCUT2D eigenvalue weighted by atomic mass is 10.2. The van der Waals surface area contributed by atoms with Gasteiger partial charge in [0, 0.05) is 45.2 Å². The summed E-state index contributed by atoms with van der Waals surface area (Å²) in [5.74, 6) is 0.468. The van der Waals surface area contributed by atoms with Crippen LogP contribution in [0.25, 0.3) is 0 Å². The molecular weight excluding hydrogens is 246 g/mol. The van der Waals surface area contributed by atoms with Crippen LogP contribution in [0.2, 0.25) is 0 Å². The zero-order chi connectivity index (χ0) is 13.2. The highest BCUT2D eigenvalue weighted by Gasteiger charge is 2.31. The summed E-state index contributed by atoms with van der Waals surface area (Å²) in [6.07, 6.45) is 2.09. The molecule has 0 bridgehead atoms. The number of hydrogen-bond donors (Lipinski definition) is 1. The van der Waals surface area contributed by atoms with E-state index in [1.807, 2.05) is 0 Å². The summed E-state index contributed by atoms with van der Waals surface area (Å²) in [7, 11) is 0. The van der Waals surface area contributed by atoms with E-state index in [0.29, 0.717) is 25.3 Å². The fourth-order valence-electron chi connectivity index (χ4n) is 2.69. The van der Waals surface area contributed by atoms with E-state index >= 15 is 0 Å². The molecule has 0 radical (unpaired) electrons. The van der Waals surface area contributed by atoms with Crippen molar-refractivity contribution in [3.63, 3.8) is 0 Å². The van der Waals surface area contributed by atoms with Gasteiger partial charge in [-0.05, 0) is 12.1 Å². The third-order valence-corrected chi connectivity index (χ3v) is 3.81. The second-order valence-corrected chi connectivity index (χ2v) is 4.97. The van der Waals surface area contributed by atoms with Crippen molar-refractivity contribution in [1.82, 2.24) is 15.1 Å². The maximum Gasteiger partial charge on any atom is 0.289 e. The number of amides is 2. The molecule has 2 aliphatic heterocycles. The first kappa shape index (κ1) is 12.2. The molecule has 19 heavy (non-hydrogen) atoms. The van der Waals surface area contributed by atoms with Crippen molar-refractivity contribution in [2.24, 2.45) is 0 Å². The van der Waals surface area contributed by atoms with Gasteiger partial charge in [-0.2, -0.15) is 0 Å². The molecule has 0 spiro atoms. The summed E-state index contributed by atoms with van der Waals surface area (Å²) in [6.45, 7) is 3.72. The van der Waals surface area contributed by atoms with Crippen LogP contribution in [0.3, 0.4) is 0 Å². The van der Waals surface area contributed by atoms with Crippen LogP contribution in [-0.4, -0.2) is 60.4 Å². The first-order valence-corrected chi connectivity index (χ1v) is 6.57. The van der Waals surface area contributed by atoms with Crippen molar-refractivity contribution in [3.8, 4) is 0 Å². The minimum Gasteiger partial charge on any atom is -0.459 e. The SMILES string of the molecule is O=C1CC(N2CCN(C(=O)c3ccco3)CC2)CN1. The third kappa shape index (κ3) is 2.49. The third-order valence-electron chi connectivity index (χ3n) is 3.81. The van der Waals surface area contributed by atoms with Gasteiger partial charge in [-0.3, -0.25) is 14.5 Å². The van der Waals surface area contributed by atoms with Gasteiger partial charge in [0.1, 0.15) is 0 Å². The summed E-state index contributed by atoms with van der Waals surface area (Å²) in [4.78, 5) is 27.4. The van der Waals surface area contributed by atoms with Crippen LogP contribution in [0.5, 0.6) is 0 Å². The molecule has 2 aliphatic rings. The molecule has 1 aromatic heterocycles. The van der Waals surface area contributed by atoms with Crippen molar-refractivity contribution in [3.05, 3.63) is 24.2 Å². The highest BCUT2D eigenvalue weighted by molar-refractivity contribution is 5.91. The van der Waals surface area contributed by atoms with Gasteiger partial charge in [0.2, 0.25) is 5.91 Å². The topological polar surface area (TPSA) is 65.8 Å². The molecule has 2 saturated heterocycles. The molecule has 1 unspecified atom stereocenters. The minimum atomic E-state index is -0.0507. The fourth-order valence-corrected chi connectivity index (χ4v) is 2.69. The van der Waals surface area contributed by atoms with E-state index in [0.717, 1.165) is 19.6 Å². The molecule has 6 nitrogen and oxygen atoms in total. The average molecular weight is 263 g/mol. The van der Waals surface area contributed by atoms with Gasteiger partial charge in [-0.15, -0.1) is 0 Å². The highest BCUT2D eigenvalue weighted by atomic mass is 16.3. The van der Waals surface area contributed by atoms with Gasteiger partial charge in [0.05, 0.1) is 6.26 Å². The van der Waals surface area contributed by atoms with E-state index in [1.165, 1.54) is 6.26 Å². The van der Waals surface area contributed by atoms with Crippen LogP contribution in [0.4, 0.5) is 0 Å². The molecule has 3 rings (SSSR count). The van der Waals surface area contributed by atoms with Crippen LogP contribution in [-0.2, 0) is 4.79 Å². The largest absolute Gasteiger partial charge is 0.459 e. The van der Waals surface area contributed by atoms with Gasteiger partial charge in [0.25, 0.3) is 5.91 Å². The standard InChI is InChI=1S/C13H17N3O3/c17-12-8-10(9-14-12)15-3-5-16(6-4-15)13(18)11-2-1-7-19-11/h1-2,7,10H,3-6,8-9H2,(H,14,17). The van der Waals surface area contributed by atoms with Crippen molar-refractivity contribution >= 4 is 11.8 Å². The van der Waals surface area contributed by atoms with E-state index in [-0.39, 0.29) is 17.9 Å². The van der Waals surface area contributed by atoms with Crippen LogP contribution in [0.15, 0.2) is 22.8 Å². The van der Waals surface area contributed by atoms with Gasteiger partial charge in [-0.25, -0.2) is 0 Å². The number of carbonyl (C=O) groups is 2. The Morgan fingerprint density at radius 2 is 2.11 bits per heavy atom. The molecule has 0 aromatic carbocycles. The Balaban J connectivity index is 1.55. The van der Waals surface area contributed by atoms with E-state index in [2.05, 4.69) is 10.2 Å². The van der Waals surface area contributed by atoms with E-state index in [9.17, 15) is 9.59 Å². The van der Waals surface area contributed by atoms with Gasteiger partial charge in [0.15, 0.2) is 5.76 Å².